The van der Waals surface area contributed by atoms with Gasteiger partial charge in [0.15, 0.2) is 0 Å². The van der Waals surface area contributed by atoms with Crippen molar-refractivity contribution in [2.24, 2.45) is 0 Å². The van der Waals surface area contributed by atoms with E-state index in [0.29, 0.717) is 6.01 Å². The molecule has 0 aliphatic carbocycles. The Morgan fingerprint density at radius 3 is 2.28 bits per heavy atom. The molecule has 1 amide bonds. The van der Waals surface area contributed by atoms with E-state index in [1.165, 1.54) is 7.11 Å². The molecule has 0 saturated heterocycles. The van der Waals surface area contributed by atoms with E-state index < -0.39 is 0 Å². The Balaban J connectivity index is 1.46. The van der Waals surface area contributed by atoms with Crippen molar-refractivity contribution in [2.45, 2.75) is 19.8 Å². The third-order valence-electron chi connectivity index (χ3n) is 5.31. The van der Waals surface area contributed by atoms with Crippen LogP contribution in [0.25, 0.3) is 22.3 Å². The first-order valence-corrected chi connectivity index (χ1v) is 10.3. The van der Waals surface area contributed by atoms with Gasteiger partial charge in [0.05, 0.1) is 13.0 Å². The molecule has 160 valence electrons. The molecule has 0 fully saturated rings. The van der Waals surface area contributed by atoms with Crippen LogP contribution in [0.3, 0.4) is 0 Å². The predicted molar refractivity (Wildman–Crippen MR) is 125 cm³/mol. The normalized spacial score (nSPS) is 11.6. The molecular weight excluding hydrogens is 400 g/mol. The minimum absolute atomic E-state index is 0.0689. The highest BCUT2D eigenvalue weighted by molar-refractivity contribution is 5.96. The predicted octanol–water partition coefficient (Wildman–Crippen LogP) is 5.26. The number of carbonyl (C=O) groups excluding carboxylic acids is 1. The van der Waals surface area contributed by atoms with Crippen LogP contribution in [-0.2, 0) is 4.79 Å². The first kappa shape index (κ1) is 21.2. The fourth-order valence-electron chi connectivity index (χ4n) is 3.43. The molecular formula is C26H24N4O2. The minimum Gasteiger partial charge on any atom is -0.467 e. The number of hydrogen-bond donors (Lipinski definition) is 1. The Bertz CT molecular complexity index is 1220. The van der Waals surface area contributed by atoms with Crippen molar-refractivity contribution in [2.75, 3.05) is 12.4 Å². The first-order chi connectivity index (χ1) is 15.5. The zero-order valence-corrected chi connectivity index (χ0v) is 18.2. The topological polar surface area (TPSA) is 77.0 Å². The van der Waals surface area contributed by atoms with Crippen molar-refractivity contribution in [1.82, 2.24) is 15.0 Å². The van der Waals surface area contributed by atoms with Gasteiger partial charge in [-0.25, -0.2) is 9.97 Å². The number of amides is 1. The Labute approximate surface area is 187 Å². The summed E-state index contributed by atoms with van der Waals surface area (Å²) in [7, 11) is 1.53. The van der Waals surface area contributed by atoms with Crippen LogP contribution in [0, 0.1) is 6.92 Å². The summed E-state index contributed by atoms with van der Waals surface area (Å²) in [5.41, 5.74) is 6.64. The van der Waals surface area contributed by atoms with E-state index in [9.17, 15) is 4.79 Å². The van der Waals surface area contributed by atoms with Gasteiger partial charge >= 0.3 is 6.01 Å². The smallest absolute Gasteiger partial charge is 0.316 e. The van der Waals surface area contributed by atoms with Gasteiger partial charge in [0.2, 0.25) is 5.91 Å². The molecule has 2 aromatic heterocycles. The molecule has 6 heteroatoms. The monoisotopic (exact) mass is 424 g/mol. The lowest BCUT2D eigenvalue weighted by molar-refractivity contribution is -0.117. The van der Waals surface area contributed by atoms with Gasteiger partial charge in [-0.3, -0.25) is 9.78 Å². The van der Waals surface area contributed by atoms with Crippen LogP contribution in [0.4, 0.5) is 5.69 Å². The lowest BCUT2D eigenvalue weighted by Gasteiger charge is -2.14. The fourth-order valence-corrected chi connectivity index (χ4v) is 3.43. The standard InChI is InChI=1S/C26H24N4O2/c1-17-13-22(11-12-27-17)19-7-9-24(10-8-19)30-25(31)18(2)20-5-4-6-21(14-20)23-15-28-26(32-3)29-16-23/h4-16,18H,1-3H3,(H,30,31)/t18-/m1/s1. The van der Waals surface area contributed by atoms with E-state index in [4.69, 9.17) is 4.74 Å². The second-order valence-electron chi connectivity index (χ2n) is 7.56. The molecule has 1 atom stereocenters. The number of carbonyl (C=O) groups is 1. The number of pyridine rings is 1. The molecule has 0 saturated carbocycles. The third kappa shape index (κ3) is 4.81. The summed E-state index contributed by atoms with van der Waals surface area (Å²) in [5, 5.41) is 3.01. The number of aryl methyl sites for hydroxylation is 1. The number of rotatable bonds is 6. The van der Waals surface area contributed by atoms with Gasteiger partial charge in [-0.15, -0.1) is 0 Å². The minimum atomic E-state index is -0.323. The molecule has 4 rings (SSSR count). The average molecular weight is 425 g/mol. The summed E-state index contributed by atoms with van der Waals surface area (Å²) in [6, 6.07) is 20.0. The molecule has 2 aromatic carbocycles. The van der Waals surface area contributed by atoms with Crippen LogP contribution in [-0.4, -0.2) is 28.0 Å². The quantitative estimate of drug-likeness (QED) is 0.457. The van der Waals surface area contributed by atoms with Crippen LogP contribution >= 0.6 is 0 Å². The zero-order chi connectivity index (χ0) is 22.5. The molecule has 2 heterocycles. The molecule has 0 aliphatic rings. The number of nitrogens with one attached hydrogen (secondary N) is 1. The van der Waals surface area contributed by atoms with Crippen LogP contribution in [0.2, 0.25) is 0 Å². The summed E-state index contributed by atoms with van der Waals surface area (Å²) in [6.07, 6.45) is 5.22. The SMILES string of the molecule is COc1ncc(-c2cccc([C@@H](C)C(=O)Nc3ccc(-c4ccnc(C)c4)cc3)c2)cn1. The van der Waals surface area contributed by atoms with E-state index >= 15 is 0 Å². The summed E-state index contributed by atoms with van der Waals surface area (Å²) in [4.78, 5) is 25.4. The van der Waals surface area contributed by atoms with Gasteiger partial charge in [0.25, 0.3) is 0 Å². The molecule has 0 aliphatic heterocycles. The average Bonchev–Trinajstić information content (AvgIpc) is 2.84. The molecule has 1 N–H and O–H groups in total. The van der Waals surface area contributed by atoms with Gasteiger partial charge in [-0.05, 0) is 60.4 Å². The van der Waals surface area contributed by atoms with Crippen LogP contribution in [0.15, 0.2) is 79.3 Å². The van der Waals surface area contributed by atoms with Gasteiger partial charge in [-0.2, -0.15) is 0 Å². The van der Waals surface area contributed by atoms with Gasteiger partial charge in [0, 0.05) is 35.5 Å². The Hall–Kier alpha value is -4.06. The number of nitrogens with zero attached hydrogens (tertiary/aromatic N) is 3. The summed E-state index contributed by atoms with van der Waals surface area (Å²) < 4.78 is 5.01. The maximum atomic E-state index is 12.9. The zero-order valence-electron chi connectivity index (χ0n) is 18.2. The largest absolute Gasteiger partial charge is 0.467 e. The first-order valence-electron chi connectivity index (χ1n) is 10.3. The number of benzene rings is 2. The lowest BCUT2D eigenvalue weighted by Crippen LogP contribution is -2.18. The van der Waals surface area contributed by atoms with Crippen LogP contribution < -0.4 is 10.1 Å². The number of anilines is 1. The van der Waals surface area contributed by atoms with E-state index in [2.05, 4.69) is 20.3 Å². The number of methoxy groups -OCH3 is 1. The summed E-state index contributed by atoms with van der Waals surface area (Å²) in [5.74, 6) is -0.391. The molecule has 6 nitrogen and oxygen atoms in total. The van der Waals surface area contributed by atoms with Crippen molar-refractivity contribution in [3.63, 3.8) is 0 Å². The maximum absolute atomic E-state index is 12.9. The fraction of sp³-hybridized carbons (Fsp3) is 0.154. The Morgan fingerprint density at radius 1 is 0.875 bits per heavy atom. The number of ether oxygens (including phenoxy) is 1. The van der Waals surface area contributed by atoms with Gasteiger partial charge < -0.3 is 10.1 Å². The third-order valence-corrected chi connectivity index (χ3v) is 5.31. The number of hydrogen-bond acceptors (Lipinski definition) is 5. The molecule has 32 heavy (non-hydrogen) atoms. The van der Waals surface area contributed by atoms with Gasteiger partial charge in [-0.1, -0.05) is 36.4 Å². The molecule has 0 spiro atoms. The van der Waals surface area contributed by atoms with Crippen molar-refractivity contribution < 1.29 is 9.53 Å². The van der Waals surface area contributed by atoms with Crippen molar-refractivity contribution in [3.8, 4) is 28.3 Å². The van der Waals surface area contributed by atoms with Crippen LogP contribution in [0.5, 0.6) is 6.01 Å². The maximum Gasteiger partial charge on any atom is 0.316 e. The highest BCUT2D eigenvalue weighted by atomic mass is 16.5. The van der Waals surface area contributed by atoms with Gasteiger partial charge in [0.1, 0.15) is 0 Å². The molecule has 0 bridgehead atoms. The lowest BCUT2D eigenvalue weighted by atomic mass is 9.96. The van der Waals surface area contributed by atoms with Crippen molar-refractivity contribution in [1.29, 1.82) is 0 Å². The van der Waals surface area contributed by atoms with E-state index in [1.54, 1.807) is 18.6 Å². The highest BCUT2D eigenvalue weighted by Gasteiger charge is 2.16. The highest BCUT2D eigenvalue weighted by Crippen LogP contribution is 2.26. The van der Waals surface area contributed by atoms with E-state index in [-0.39, 0.29) is 11.8 Å². The summed E-state index contributed by atoms with van der Waals surface area (Å²) >= 11 is 0. The van der Waals surface area contributed by atoms with E-state index in [1.807, 2.05) is 74.5 Å². The Kier molecular flexibility index (Phi) is 6.22. The Morgan fingerprint density at radius 2 is 1.59 bits per heavy atom. The number of aromatic nitrogens is 3. The second kappa shape index (κ2) is 9.39. The molecule has 0 radical (unpaired) electrons. The van der Waals surface area contributed by atoms with Crippen molar-refractivity contribution >= 4 is 11.6 Å². The second-order valence-corrected chi connectivity index (χ2v) is 7.56. The van der Waals surface area contributed by atoms with Crippen LogP contribution in [0.1, 0.15) is 24.1 Å². The van der Waals surface area contributed by atoms with E-state index in [0.717, 1.165) is 39.2 Å². The molecule has 4 aromatic rings. The van der Waals surface area contributed by atoms with Crippen molar-refractivity contribution in [3.05, 3.63) is 90.5 Å². The molecule has 0 unspecified atom stereocenters. The summed E-state index contributed by atoms with van der Waals surface area (Å²) in [6.45, 7) is 3.86.